The van der Waals surface area contributed by atoms with Crippen LogP contribution in [0.15, 0.2) is 48.3 Å². The van der Waals surface area contributed by atoms with Crippen molar-refractivity contribution >= 4 is 40.4 Å². The Morgan fingerprint density at radius 1 is 1.30 bits per heavy atom. The molecule has 8 heteroatoms. The fourth-order valence-electron chi connectivity index (χ4n) is 3.51. The molecular weight excluding hydrogens is 377 g/mol. The summed E-state index contributed by atoms with van der Waals surface area (Å²) in [5.41, 5.74) is 3.51. The number of rotatable bonds is 2. The van der Waals surface area contributed by atoms with Crippen molar-refractivity contribution in [2.75, 3.05) is 16.8 Å². The number of carbonyl (C=O) groups excluding carboxylic acids is 2. The largest absolute Gasteiger partial charge is 1.00 e. The van der Waals surface area contributed by atoms with Gasteiger partial charge in [0.15, 0.2) is 0 Å². The number of halogens is 1. The molecule has 1 atom stereocenters. The Labute approximate surface area is 183 Å². The summed E-state index contributed by atoms with van der Waals surface area (Å²) < 4.78 is 0. The quantitative estimate of drug-likeness (QED) is 0.517. The second-order valence-corrected chi connectivity index (χ2v) is 6.72. The van der Waals surface area contributed by atoms with Gasteiger partial charge in [-0.1, -0.05) is 17.7 Å². The van der Waals surface area contributed by atoms with Crippen molar-refractivity contribution in [3.05, 3.63) is 58.9 Å². The summed E-state index contributed by atoms with van der Waals surface area (Å²) in [7, 11) is 0. The van der Waals surface area contributed by atoms with Gasteiger partial charge < -0.3 is 20.1 Å². The third-order valence-electron chi connectivity index (χ3n) is 4.74. The molecule has 2 aliphatic rings. The molecule has 1 aromatic carbocycles. The van der Waals surface area contributed by atoms with Crippen LogP contribution in [0.2, 0.25) is 5.02 Å². The van der Waals surface area contributed by atoms with Crippen molar-refractivity contribution in [3.8, 4) is 0 Å². The van der Waals surface area contributed by atoms with Gasteiger partial charge in [-0.25, -0.2) is 0 Å². The molecular formula is C19H15ClN3NaO3. The van der Waals surface area contributed by atoms with Crippen molar-refractivity contribution in [1.29, 1.82) is 0 Å². The van der Waals surface area contributed by atoms with Crippen LogP contribution in [0.3, 0.4) is 0 Å². The number of benzene rings is 1. The standard InChI is InChI=1S/C19H16ClN3O3.Na/c20-11-3-4-13-15(9-17(19(25)26)22-16(13)8-11)14-5-7-23(18(14)24)12-2-1-6-21-10-12;/h1-4,6,8,10,17,22H,5,7,9H2,(H,25,26);/q;+1/p-1. The number of aliphatic carboxylic acids is 1. The number of carbonyl (C=O) groups is 2. The van der Waals surface area contributed by atoms with Gasteiger partial charge in [0.2, 0.25) is 0 Å². The van der Waals surface area contributed by atoms with Gasteiger partial charge in [-0.3, -0.25) is 9.78 Å². The zero-order valence-electron chi connectivity index (χ0n) is 14.7. The summed E-state index contributed by atoms with van der Waals surface area (Å²) in [5, 5.41) is 14.9. The van der Waals surface area contributed by atoms with Crippen LogP contribution in [0, 0.1) is 0 Å². The van der Waals surface area contributed by atoms with Crippen LogP contribution in [-0.4, -0.2) is 29.4 Å². The summed E-state index contributed by atoms with van der Waals surface area (Å²) in [6, 6.07) is 7.94. The number of carboxylic acid groups (broad SMARTS) is 1. The van der Waals surface area contributed by atoms with Crippen LogP contribution >= 0.6 is 11.6 Å². The summed E-state index contributed by atoms with van der Waals surface area (Å²) in [6.45, 7) is 0.537. The van der Waals surface area contributed by atoms with E-state index in [9.17, 15) is 14.7 Å². The second-order valence-electron chi connectivity index (χ2n) is 6.29. The third kappa shape index (κ3) is 3.75. The molecule has 1 amide bonds. The van der Waals surface area contributed by atoms with E-state index in [4.69, 9.17) is 11.6 Å². The Hall–Kier alpha value is -1.86. The van der Waals surface area contributed by atoms with Gasteiger partial charge in [-0.05, 0) is 42.7 Å². The molecule has 0 aliphatic carbocycles. The van der Waals surface area contributed by atoms with Gasteiger partial charge in [-0.2, -0.15) is 0 Å². The number of nitrogens with zero attached hydrogens (tertiary/aromatic N) is 2. The average molecular weight is 392 g/mol. The predicted molar refractivity (Wildman–Crippen MR) is 96.6 cm³/mol. The first-order chi connectivity index (χ1) is 12.5. The minimum atomic E-state index is -1.21. The molecule has 1 unspecified atom stereocenters. The van der Waals surface area contributed by atoms with Crippen LogP contribution < -0.4 is 44.9 Å². The predicted octanol–water partition coefficient (Wildman–Crippen LogP) is -1.14. The van der Waals surface area contributed by atoms with Crippen molar-refractivity contribution < 1.29 is 44.3 Å². The zero-order valence-corrected chi connectivity index (χ0v) is 17.5. The Bertz CT molecular complexity index is 933. The van der Waals surface area contributed by atoms with Crippen LogP contribution in [0.5, 0.6) is 0 Å². The van der Waals surface area contributed by atoms with Gasteiger partial charge in [0.05, 0.1) is 23.9 Å². The van der Waals surface area contributed by atoms with Gasteiger partial charge in [0.25, 0.3) is 5.91 Å². The maximum absolute atomic E-state index is 13.0. The molecule has 27 heavy (non-hydrogen) atoms. The molecule has 1 aromatic heterocycles. The molecule has 2 aromatic rings. The van der Waals surface area contributed by atoms with Gasteiger partial charge >= 0.3 is 29.6 Å². The maximum Gasteiger partial charge on any atom is 1.00 e. The first-order valence-corrected chi connectivity index (χ1v) is 8.63. The second kappa shape index (κ2) is 8.02. The summed E-state index contributed by atoms with van der Waals surface area (Å²) in [6.07, 6.45) is 4.04. The molecule has 3 heterocycles. The topological polar surface area (TPSA) is 85.4 Å². The first-order valence-electron chi connectivity index (χ1n) is 8.26. The van der Waals surface area contributed by atoms with Crippen molar-refractivity contribution in [2.45, 2.75) is 18.9 Å². The number of nitrogens with one attached hydrogen (secondary N) is 1. The van der Waals surface area contributed by atoms with E-state index >= 15 is 0 Å². The van der Waals surface area contributed by atoms with E-state index in [2.05, 4.69) is 10.3 Å². The van der Waals surface area contributed by atoms with Crippen LogP contribution in [0.1, 0.15) is 18.4 Å². The van der Waals surface area contributed by atoms with Crippen molar-refractivity contribution in [1.82, 2.24) is 4.98 Å². The maximum atomic E-state index is 13.0. The van der Waals surface area contributed by atoms with Crippen molar-refractivity contribution in [2.24, 2.45) is 0 Å². The molecule has 2 aliphatic heterocycles. The summed E-state index contributed by atoms with van der Waals surface area (Å²) >= 11 is 6.04. The number of fused-ring (bicyclic) bond motifs is 1. The Morgan fingerprint density at radius 2 is 2.11 bits per heavy atom. The van der Waals surface area contributed by atoms with Crippen LogP contribution in [0.25, 0.3) is 5.57 Å². The molecule has 4 rings (SSSR count). The number of pyridine rings is 1. The van der Waals surface area contributed by atoms with Crippen molar-refractivity contribution in [3.63, 3.8) is 0 Å². The molecule has 0 bridgehead atoms. The molecule has 1 fully saturated rings. The van der Waals surface area contributed by atoms with E-state index in [1.54, 1.807) is 35.5 Å². The number of carboxylic acids is 1. The molecule has 1 N–H and O–H groups in total. The molecule has 132 valence electrons. The van der Waals surface area contributed by atoms with Gasteiger partial charge in [-0.15, -0.1) is 0 Å². The Morgan fingerprint density at radius 3 is 2.81 bits per heavy atom. The molecule has 0 spiro atoms. The summed E-state index contributed by atoms with van der Waals surface area (Å²) in [5.74, 6) is -1.32. The molecule has 6 nitrogen and oxygen atoms in total. The van der Waals surface area contributed by atoms with E-state index in [1.165, 1.54) is 0 Å². The molecule has 0 radical (unpaired) electrons. The van der Waals surface area contributed by atoms with Crippen LogP contribution in [0.4, 0.5) is 11.4 Å². The summed E-state index contributed by atoms with van der Waals surface area (Å²) in [4.78, 5) is 30.2. The van der Waals surface area contributed by atoms with E-state index in [-0.39, 0.29) is 41.9 Å². The van der Waals surface area contributed by atoms with Gasteiger partial charge in [0, 0.05) is 34.6 Å². The molecule has 1 saturated heterocycles. The fourth-order valence-corrected chi connectivity index (χ4v) is 3.69. The Kier molecular flexibility index (Phi) is 5.91. The SMILES string of the molecule is O=C([O-])C1CC(=C2CCN(c3cccnc3)C2=O)c2ccc(Cl)cc2N1.[Na+]. The first kappa shape index (κ1) is 19.9. The minimum Gasteiger partial charge on any atom is -0.548 e. The Balaban J connectivity index is 0.00000210. The number of hydrogen-bond acceptors (Lipinski definition) is 5. The van der Waals surface area contributed by atoms with E-state index < -0.39 is 12.0 Å². The van der Waals surface area contributed by atoms with E-state index in [0.29, 0.717) is 29.2 Å². The third-order valence-corrected chi connectivity index (χ3v) is 4.97. The number of amides is 1. The van der Waals surface area contributed by atoms with E-state index in [0.717, 1.165) is 16.8 Å². The fraction of sp³-hybridized carbons (Fsp3) is 0.211. The number of aromatic nitrogens is 1. The van der Waals surface area contributed by atoms with Crippen LogP contribution in [-0.2, 0) is 9.59 Å². The number of hydrogen-bond donors (Lipinski definition) is 1. The monoisotopic (exact) mass is 391 g/mol. The van der Waals surface area contributed by atoms with E-state index in [1.807, 2.05) is 12.1 Å². The normalized spacial score (nSPS) is 21.3. The van der Waals surface area contributed by atoms with Gasteiger partial charge in [0.1, 0.15) is 0 Å². The molecule has 0 saturated carbocycles. The smallest absolute Gasteiger partial charge is 0.548 e. The zero-order chi connectivity index (χ0) is 18.3. The number of anilines is 2. The minimum absolute atomic E-state index is 0. The average Bonchev–Trinajstić information content (AvgIpc) is 3.02.